The molecular formula is C16H12ClNO3S. The molecule has 0 aliphatic carbocycles. The average molecular weight is 334 g/mol. The molecule has 0 spiro atoms. The van der Waals surface area contributed by atoms with Crippen molar-refractivity contribution in [3.05, 3.63) is 52.1 Å². The number of thiophene rings is 1. The number of benzene rings is 1. The van der Waals surface area contributed by atoms with Gasteiger partial charge in [-0.3, -0.25) is 4.98 Å². The summed E-state index contributed by atoms with van der Waals surface area (Å²) in [7, 11) is 1.36. The summed E-state index contributed by atoms with van der Waals surface area (Å²) in [5.41, 5.74) is 0.930. The molecule has 0 fully saturated rings. The third kappa shape index (κ3) is 2.77. The number of aromatic nitrogens is 1. The largest absolute Gasteiger partial charge is 0.465 e. The molecule has 0 aliphatic rings. The number of pyridine rings is 1. The Kier molecular flexibility index (Phi) is 4.00. The van der Waals surface area contributed by atoms with Crippen LogP contribution in [0, 0.1) is 6.92 Å². The number of ether oxygens (including phenoxy) is 2. The van der Waals surface area contributed by atoms with E-state index in [-0.39, 0.29) is 5.97 Å². The van der Waals surface area contributed by atoms with E-state index in [0.717, 1.165) is 15.6 Å². The zero-order chi connectivity index (χ0) is 15.7. The molecule has 3 aromatic rings. The van der Waals surface area contributed by atoms with E-state index in [9.17, 15) is 4.79 Å². The number of rotatable bonds is 3. The highest BCUT2D eigenvalue weighted by Gasteiger charge is 2.14. The van der Waals surface area contributed by atoms with Crippen molar-refractivity contribution in [3.8, 4) is 11.5 Å². The van der Waals surface area contributed by atoms with E-state index in [0.29, 0.717) is 21.4 Å². The Labute approximate surface area is 136 Å². The van der Waals surface area contributed by atoms with Gasteiger partial charge in [0.1, 0.15) is 10.6 Å². The van der Waals surface area contributed by atoms with Gasteiger partial charge in [0.25, 0.3) is 0 Å². The van der Waals surface area contributed by atoms with Crippen molar-refractivity contribution in [3.63, 3.8) is 0 Å². The molecule has 112 valence electrons. The first-order valence-electron chi connectivity index (χ1n) is 6.48. The first kappa shape index (κ1) is 14.8. The number of carbonyl (C=O) groups excluding carboxylic acids is 1. The maximum absolute atomic E-state index is 11.6. The van der Waals surface area contributed by atoms with Gasteiger partial charge in [-0.1, -0.05) is 11.6 Å². The minimum absolute atomic E-state index is 0.366. The third-order valence-corrected chi connectivity index (χ3v) is 4.63. The molecule has 0 N–H and O–H groups in total. The van der Waals surface area contributed by atoms with E-state index < -0.39 is 0 Å². The van der Waals surface area contributed by atoms with Crippen molar-refractivity contribution >= 4 is 39.0 Å². The van der Waals surface area contributed by atoms with Crippen LogP contribution in [0.3, 0.4) is 0 Å². The summed E-state index contributed by atoms with van der Waals surface area (Å²) in [6.07, 6.45) is 3.33. The molecule has 0 amide bonds. The molecule has 22 heavy (non-hydrogen) atoms. The van der Waals surface area contributed by atoms with E-state index in [4.69, 9.17) is 21.1 Å². The Morgan fingerprint density at radius 1 is 1.27 bits per heavy atom. The van der Waals surface area contributed by atoms with Crippen LogP contribution in [0.5, 0.6) is 11.5 Å². The van der Waals surface area contributed by atoms with E-state index in [1.165, 1.54) is 18.4 Å². The molecule has 0 radical (unpaired) electrons. The number of aryl methyl sites for hydroxylation is 1. The van der Waals surface area contributed by atoms with E-state index in [2.05, 4.69) is 4.98 Å². The van der Waals surface area contributed by atoms with Gasteiger partial charge in [0.2, 0.25) is 0 Å². The summed E-state index contributed by atoms with van der Waals surface area (Å²) in [4.78, 5) is 16.3. The van der Waals surface area contributed by atoms with Crippen molar-refractivity contribution in [2.24, 2.45) is 0 Å². The van der Waals surface area contributed by atoms with Crippen LogP contribution >= 0.6 is 22.9 Å². The van der Waals surface area contributed by atoms with Crippen LogP contribution in [0.1, 0.15) is 15.2 Å². The number of carbonyl (C=O) groups is 1. The molecular weight excluding hydrogens is 322 g/mol. The molecule has 2 heterocycles. The second-order valence-electron chi connectivity index (χ2n) is 4.66. The fraction of sp³-hybridized carbons (Fsp3) is 0.125. The number of methoxy groups -OCH3 is 1. The maximum atomic E-state index is 11.6. The molecule has 0 atom stereocenters. The second-order valence-corrected chi connectivity index (χ2v) is 6.16. The summed E-state index contributed by atoms with van der Waals surface area (Å²) < 4.78 is 11.5. The summed E-state index contributed by atoms with van der Waals surface area (Å²) in [6.45, 7) is 1.91. The number of hydrogen-bond donors (Lipinski definition) is 0. The molecule has 0 aliphatic heterocycles. The first-order valence-corrected chi connectivity index (χ1v) is 7.68. The van der Waals surface area contributed by atoms with Crippen LogP contribution in [0.2, 0.25) is 5.02 Å². The number of esters is 1. The molecule has 3 rings (SSSR count). The molecule has 0 saturated heterocycles. The second kappa shape index (κ2) is 5.94. The molecule has 0 unspecified atom stereocenters. The van der Waals surface area contributed by atoms with Crippen molar-refractivity contribution < 1.29 is 14.3 Å². The van der Waals surface area contributed by atoms with Gasteiger partial charge < -0.3 is 9.47 Å². The summed E-state index contributed by atoms with van der Waals surface area (Å²) >= 11 is 7.34. The van der Waals surface area contributed by atoms with Gasteiger partial charge in [-0.05, 0) is 36.8 Å². The lowest BCUT2D eigenvalue weighted by Crippen LogP contribution is -1.96. The van der Waals surface area contributed by atoms with E-state index in [1.54, 1.807) is 30.6 Å². The smallest absolute Gasteiger partial charge is 0.348 e. The van der Waals surface area contributed by atoms with Crippen LogP contribution in [0.15, 0.2) is 36.7 Å². The minimum atomic E-state index is -0.366. The van der Waals surface area contributed by atoms with Crippen LogP contribution in [0.4, 0.5) is 0 Å². The molecule has 2 aromatic heterocycles. The number of hydrogen-bond acceptors (Lipinski definition) is 5. The Hall–Kier alpha value is -2.11. The highest BCUT2D eigenvalue weighted by molar-refractivity contribution is 7.20. The van der Waals surface area contributed by atoms with Gasteiger partial charge in [0.15, 0.2) is 5.75 Å². The van der Waals surface area contributed by atoms with Crippen LogP contribution < -0.4 is 4.74 Å². The van der Waals surface area contributed by atoms with Gasteiger partial charge >= 0.3 is 5.97 Å². The Morgan fingerprint density at radius 3 is 2.82 bits per heavy atom. The monoisotopic (exact) mass is 333 g/mol. The zero-order valence-electron chi connectivity index (χ0n) is 11.9. The van der Waals surface area contributed by atoms with Crippen LogP contribution in [-0.4, -0.2) is 18.1 Å². The number of nitrogens with zero attached hydrogens (tertiary/aromatic N) is 1. The highest BCUT2D eigenvalue weighted by atomic mass is 35.5. The van der Waals surface area contributed by atoms with Crippen molar-refractivity contribution in [2.75, 3.05) is 7.11 Å². The van der Waals surface area contributed by atoms with Gasteiger partial charge in [0.05, 0.1) is 18.0 Å². The molecule has 4 nitrogen and oxygen atoms in total. The van der Waals surface area contributed by atoms with Gasteiger partial charge in [-0.25, -0.2) is 4.79 Å². The van der Waals surface area contributed by atoms with Crippen molar-refractivity contribution in [1.82, 2.24) is 4.98 Å². The highest BCUT2D eigenvalue weighted by Crippen LogP contribution is 2.35. The third-order valence-electron chi connectivity index (χ3n) is 3.15. The topological polar surface area (TPSA) is 48.4 Å². The molecule has 6 heteroatoms. The summed E-state index contributed by atoms with van der Waals surface area (Å²) in [5, 5.41) is 1.51. The summed E-state index contributed by atoms with van der Waals surface area (Å²) in [5.74, 6) is 0.891. The predicted molar refractivity (Wildman–Crippen MR) is 87.2 cm³/mol. The van der Waals surface area contributed by atoms with Crippen molar-refractivity contribution in [2.45, 2.75) is 6.92 Å². The van der Waals surface area contributed by atoms with E-state index >= 15 is 0 Å². The lowest BCUT2D eigenvalue weighted by atomic mass is 10.2. The molecule has 0 bridgehead atoms. The van der Waals surface area contributed by atoms with Gasteiger partial charge in [-0.2, -0.15) is 0 Å². The zero-order valence-corrected chi connectivity index (χ0v) is 13.5. The average Bonchev–Trinajstić information content (AvgIpc) is 2.95. The summed E-state index contributed by atoms with van der Waals surface area (Å²) in [6, 6.07) is 7.19. The van der Waals surface area contributed by atoms with Crippen molar-refractivity contribution in [1.29, 1.82) is 0 Å². The SMILES string of the molecule is COC(=O)c1cc2c(Oc3ccc(Cl)c(C)c3)cncc2s1. The predicted octanol–water partition coefficient (Wildman–Crippen LogP) is 4.84. The lowest BCUT2D eigenvalue weighted by Gasteiger charge is -2.07. The lowest BCUT2D eigenvalue weighted by molar-refractivity contribution is 0.0606. The van der Waals surface area contributed by atoms with Gasteiger partial charge in [0, 0.05) is 16.6 Å². The minimum Gasteiger partial charge on any atom is -0.465 e. The fourth-order valence-electron chi connectivity index (χ4n) is 2.03. The van der Waals surface area contributed by atoms with E-state index in [1.807, 2.05) is 13.0 Å². The number of fused-ring (bicyclic) bond motifs is 1. The maximum Gasteiger partial charge on any atom is 0.348 e. The fourth-order valence-corrected chi connectivity index (χ4v) is 3.11. The number of halogens is 1. The molecule has 1 aromatic carbocycles. The van der Waals surface area contributed by atoms with Gasteiger partial charge in [-0.15, -0.1) is 11.3 Å². The Balaban J connectivity index is 2.01. The normalized spacial score (nSPS) is 10.7. The Morgan fingerprint density at radius 2 is 2.09 bits per heavy atom. The van der Waals surface area contributed by atoms with Crippen LogP contribution in [0.25, 0.3) is 10.1 Å². The first-order chi connectivity index (χ1) is 10.6. The molecule has 0 saturated carbocycles. The van der Waals surface area contributed by atoms with Crippen LogP contribution in [-0.2, 0) is 4.74 Å². The standard InChI is InChI=1S/C16H12ClNO3S/c1-9-5-10(3-4-12(9)17)21-13-7-18-8-15-11(13)6-14(22-15)16(19)20-2/h3-8H,1-2H3. The quantitative estimate of drug-likeness (QED) is 0.644. The Bertz CT molecular complexity index is 860.